The average molecular weight is 533 g/mol. The van der Waals surface area contributed by atoms with E-state index in [1.54, 1.807) is 29.3 Å². The predicted molar refractivity (Wildman–Crippen MR) is 114 cm³/mol. The molecule has 3 rings (SSSR count). The zero-order valence-electron chi connectivity index (χ0n) is 12.8. The van der Waals surface area contributed by atoms with Crippen LogP contribution in [-0.4, -0.2) is 29.1 Å². The van der Waals surface area contributed by atoms with Crippen molar-refractivity contribution >= 4 is 80.4 Å². The van der Waals surface area contributed by atoms with Gasteiger partial charge in [0, 0.05) is 0 Å². The third kappa shape index (κ3) is 5.98. The Morgan fingerprint density at radius 2 is 1.72 bits per heavy atom. The van der Waals surface area contributed by atoms with Crippen LogP contribution < -0.4 is 5.32 Å². The minimum absolute atomic E-state index is 0. The molecule has 0 fully saturated rings. The number of pyridine rings is 1. The summed E-state index contributed by atoms with van der Waals surface area (Å²) in [7, 11) is 0. The van der Waals surface area contributed by atoms with Crippen LogP contribution in [-0.2, 0) is 11.4 Å². The molecular formula is C15H15Br2Cl3N4O. The van der Waals surface area contributed by atoms with Gasteiger partial charge >= 0.3 is 0 Å². The standard InChI is InChI=1S/C15H13Cl3N4O.2BrH/c16-11-4-2-5-12(17)14(11)21-15-19-7-8-22(15)23-9-10-3-1-6-13(18)20-10;;/h1-6H,7-9H2,(H,19,21);2*1H. The van der Waals surface area contributed by atoms with Gasteiger partial charge in [-0.1, -0.05) is 46.9 Å². The second-order valence-electron chi connectivity index (χ2n) is 4.75. The highest BCUT2D eigenvalue weighted by atomic mass is 79.9. The van der Waals surface area contributed by atoms with Crippen molar-refractivity contribution in [1.82, 2.24) is 10.0 Å². The van der Waals surface area contributed by atoms with Gasteiger partial charge in [0.2, 0.25) is 5.96 Å². The molecule has 2 heterocycles. The molecule has 2 aromatic rings. The van der Waals surface area contributed by atoms with Gasteiger partial charge in [-0.25, -0.2) is 15.0 Å². The number of benzene rings is 1. The molecule has 1 aromatic carbocycles. The van der Waals surface area contributed by atoms with Crippen LogP contribution in [0.5, 0.6) is 0 Å². The maximum absolute atomic E-state index is 6.16. The van der Waals surface area contributed by atoms with Crippen molar-refractivity contribution in [3.63, 3.8) is 0 Å². The fourth-order valence-corrected chi connectivity index (χ4v) is 2.74. The minimum Gasteiger partial charge on any atom is -0.322 e. The highest BCUT2D eigenvalue weighted by Gasteiger charge is 2.20. The van der Waals surface area contributed by atoms with Crippen LogP contribution >= 0.6 is 68.8 Å². The molecule has 136 valence electrons. The highest BCUT2D eigenvalue weighted by Crippen LogP contribution is 2.30. The molecule has 0 unspecified atom stereocenters. The monoisotopic (exact) mass is 530 g/mol. The van der Waals surface area contributed by atoms with E-state index in [-0.39, 0.29) is 40.6 Å². The normalized spacial score (nSPS) is 12.9. The molecule has 1 aliphatic rings. The molecule has 0 spiro atoms. The Bertz CT molecular complexity index is 728. The van der Waals surface area contributed by atoms with E-state index < -0.39 is 0 Å². The van der Waals surface area contributed by atoms with Gasteiger partial charge in [0.05, 0.1) is 34.5 Å². The summed E-state index contributed by atoms with van der Waals surface area (Å²) in [6.45, 7) is 1.54. The fraction of sp³-hybridized carbons (Fsp3) is 0.200. The number of anilines is 1. The maximum Gasteiger partial charge on any atom is 0.223 e. The highest BCUT2D eigenvalue weighted by molar-refractivity contribution is 8.93. The van der Waals surface area contributed by atoms with Crippen molar-refractivity contribution in [3.8, 4) is 0 Å². The van der Waals surface area contributed by atoms with Crippen LogP contribution in [0.3, 0.4) is 0 Å². The van der Waals surface area contributed by atoms with E-state index >= 15 is 0 Å². The van der Waals surface area contributed by atoms with Gasteiger partial charge < -0.3 is 5.32 Å². The fourth-order valence-electron chi connectivity index (χ4n) is 2.06. The molecule has 0 bridgehead atoms. The lowest BCUT2D eigenvalue weighted by atomic mass is 10.3. The number of nitrogens with zero attached hydrogens (tertiary/aromatic N) is 3. The van der Waals surface area contributed by atoms with Crippen LogP contribution in [0.4, 0.5) is 5.69 Å². The summed E-state index contributed by atoms with van der Waals surface area (Å²) in [5, 5.41) is 6.24. The third-order valence-corrected chi connectivity index (χ3v) is 3.98. The molecular weight excluding hydrogens is 518 g/mol. The van der Waals surface area contributed by atoms with Gasteiger partial charge in [-0.05, 0) is 24.3 Å². The SMILES string of the molecule is Br.Br.Clc1cccc(CON2CCN=C2Nc2c(Cl)cccc2Cl)n1. The first-order valence-electron chi connectivity index (χ1n) is 6.91. The molecule has 0 aliphatic carbocycles. The quantitative estimate of drug-likeness (QED) is 0.534. The number of guanidine groups is 1. The number of nitrogens with one attached hydrogen (secondary N) is 1. The van der Waals surface area contributed by atoms with Crippen LogP contribution in [0.25, 0.3) is 0 Å². The predicted octanol–water partition coefficient (Wildman–Crippen LogP) is 5.41. The smallest absolute Gasteiger partial charge is 0.223 e. The Morgan fingerprint density at radius 1 is 1.04 bits per heavy atom. The molecule has 0 saturated carbocycles. The maximum atomic E-state index is 6.16. The summed E-state index contributed by atoms with van der Waals surface area (Å²) >= 11 is 18.2. The lowest BCUT2D eigenvalue weighted by molar-refractivity contribution is -0.104. The molecule has 5 nitrogen and oxygen atoms in total. The number of rotatable bonds is 4. The Hall–Kier alpha value is -0.570. The lowest BCUT2D eigenvalue weighted by Gasteiger charge is -2.21. The van der Waals surface area contributed by atoms with Crippen LogP contribution in [0.15, 0.2) is 41.4 Å². The van der Waals surface area contributed by atoms with Crippen LogP contribution in [0.1, 0.15) is 5.69 Å². The molecule has 0 atom stereocenters. The van der Waals surface area contributed by atoms with E-state index in [1.807, 2.05) is 12.1 Å². The van der Waals surface area contributed by atoms with E-state index in [2.05, 4.69) is 15.3 Å². The second kappa shape index (κ2) is 10.5. The van der Waals surface area contributed by atoms with Crippen molar-refractivity contribution < 1.29 is 4.84 Å². The number of aromatic nitrogens is 1. The van der Waals surface area contributed by atoms with Crippen molar-refractivity contribution in [2.75, 3.05) is 18.4 Å². The number of aliphatic imine (C=N–C) groups is 1. The van der Waals surface area contributed by atoms with Gasteiger partial charge in [-0.2, -0.15) is 0 Å². The molecule has 0 saturated heterocycles. The van der Waals surface area contributed by atoms with Gasteiger partial charge in [0.1, 0.15) is 11.8 Å². The van der Waals surface area contributed by atoms with E-state index in [4.69, 9.17) is 39.6 Å². The number of para-hydroxylation sites is 1. The topological polar surface area (TPSA) is 49.8 Å². The summed E-state index contributed by atoms with van der Waals surface area (Å²) in [5.41, 5.74) is 1.34. The van der Waals surface area contributed by atoms with Crippen LogP contribution in [0.2, 0.25) is 15.2 Å². The zero-order valence-corrected chi connectivity index (χ0v) is 18.5. The molecule has 10 heteroatoms. The van der Waals surface area contributed by atoms with Gasteiger partial charge in [0.25, 0.3) is 0 Å². The number of hydroxylamine groups is 2. The molecule has 0 amide bonds. The van der Waals surface area contributed by atoms with Gasteiger partial charge in [-0.15, -0.1) is 34.0 Å². The van der Waals surface area contributed by atoms with Crippen molar-refractivity contribution in [3.05, 3.63) is 57.3 Å². The van der Waals surface area contributed by atoms with Crippen molar-refractivity contribution in [2.45, 2.75) is 6.61 Å². The molecule has 1 aliphatic heterocycles. The Labute approximate surface area is 181 Å². The molecule has 1 aromatic heterocycles. The van der Waals surface area contributed by atoms with E-state index in [1.165, 1.54) is 0 Å². The first kappa shape index (κ1) is 22.5. The molecule has 0 radical (unpaired) electrons. The number of hydrogen-bond acceptors (Lipinski definition) is 5. The summed E-state index contributed by atoms with van der Waals surface area (Å²) in [6, 6.07) is 10.7. The van der Waals surface area contributed by atoms with Crippen LogP contribution in [0, 0.1) is 0 Å². The van der Waals surface area contributed by atoms with Gasteiger partial charge in [-0.3, -0.25) is 4.84 Å². The summed E-state index contributed by atoms with van der Waals surface area (Å²) in [6.07, 6.45) is 0. The largest absolute Gasteiger partial charge is 0.322 e. The van der Waals surface area contributed by atoms with Crippen molar-refractivity contribution in [2.24, 2.45) is 4.99 Å². The zero-order chi connectivity index (χ0) is 16.2. The number of halogens is 5. The van der Waals surface area contributed by atoms with E-state index in [0.717, 1.165) is 5.69 Å². The first-order chi connectivity index (χ1) is 11.1. The summed E-state index contributed by atoms with van der Waals surface area (Å²) in [5.74, 6) is 0.557. The molecule has 1 N–H and O–H groups in total. The first-order valence-corrected chi connectivity index (χ1v) is 8.04. The Morgan fingerprint density at radius 3 is 2.40 bits per heavy atom. The second-order valence-corrected chi connectivity index (χ2v) is 5.96. The Balaban J connectivity index is 0.00000156. The van der Waals surface area contributed by atoms with Gasteiger partial charge in [0.15, 0.2) is 0 Å². The number of hydrogen-bond donors (Lipinski definition) is 1. The van der Waals surface area contributed by atoms with E-state index in [9.17, 15) is 0 Å². The molecule has 25 heavy (non-hydrogen) atoms. The lowest BCUT2D eigenvalue weighted by Crippen LogP contribution is -2.33. The minimum atomic E-state index is 0. The third-order valence-electron chi connectivity index (χ3n) is 3.14. The van der Waals surface area contributed by atoms with E-state index in [0.29, 0.717) is 39.9 Å². The Kier molecular flexibility index (Phi) is 9.48. The summed E-state index contributed by atoms with van der Waals surface area (Å²) in [4.78, 5) is 14.3. The van der Waals surface area contributed by atoms with Crippen molar-refractivity contribution in [1.29, 1.82) is 0 Å². The average Bonchev–Trinajstić information content (AvgIpc) is 2.96. The summed E-state index contributed by atoms with van der Waals surface area (Å²) < 4.78 is 0.